The van der Waals surface area contributed by atoms with Crippen LogP contribution < -0.4 is 9.47 Å². The topological polar surface area (TPSA) is 68.7 Å². The van der Waals surface area contributed by atoms with E-state index in [0.29, 0.717) is 19.0 Å². The average Bonchev–Trinajstić information content (AvgIpc) is 3.10. The third-order valence-electron chi connectivity index (χ3n) is 3.48. The lowest BCUT2D eigenvalue weighted by molar-refractivity contribution is 0.0697. The first kappa shape index (κ1) is 17.0. The van der Waals surface area contributed by atoms with Crippen molar-refractivity contribution in [2.45, 2.75) is 13.5 Å². The van der Waals surface area contributed by atoms with E-state index in [4.69, 9.17) is 14.6 Å². The fraction of sp³-hybridized carbons (Fsp3) is 0.158. The van der Waals surface area contributed by atoms with Gasteiger partial charge in [-0.05, 0) is 55.5 Å². The molecule has 0 aliphatic rings. The molecule has 0 spiro atoms. The summed E-state index contributed by atoms with van der Waals surface area (Å²) in [5, 5.41) is 11.7. The molecule has 2 aromatic carbocycles. The summed E-state index contributed by atoms with van der Waals surface area (Å²) in [4.78, 5) is 15.4. The fourth-order valence-electron chi connectivity index (χ4n) is 2.24. The van der Waals surface area contributed by atoms with Crippen LogP contribution in [-0.4, -0.2) is 22.7 Å². The normalized spacial score (nSPS) is 10.4. The predicted octanol–water partition coefficient (Wildman–Crippen LogP) is 4.49. The zero-order chi connectivity index (χ0) is 17.6. The van der Waals surface area contributed by atoms with Crippen LogP contribution in [-0.2, 0) is 6.61 Å². The maximum Gasteiger partial charge on any atom is 0.335 e. The van der Waals surface area contributed by atoms with Crippen LogP contribution in [0.2, 0.25) is 0 Å². The highest BCUT2D eigenvalue weighted by Gasteiger charge is 2.07. The Labute approximate surface area is 149 Å². The Morgan fingerprint density at radius 1 is 1.04 bits per heavy atom. The van der Waals surface area contributed by atoms with Gasteiger partial charge in [-0.25, -0.2) is 9.78 Å². The van der Waals surface area contributed by atoms with E-state index < -0.39 is 5.97 Å². The van der Waals surface area contributed by atoms with Crippen LogP contribution in [0.15, 0.2) is 53.9 Å². The largest absolute Gasteiger partial charge is 0.494 e. The van der Waals surface area contributed by atoms with Crippen LogP contribution >= 0.6 is 11.3 Å². The van der Waals surface area contributed by atoms with Crippen LogP contribution in [0.3, 0.4) is 0 Å². The lowest BCUT2D eigenvalue weighted by atomic mass is 10.2. The molecule has 0 atom stereocenters. The number of rotatable bonds is 7. The summed E-state index contributed by atoms with van der Waals surface area (Å²) < 4.78 is 11.1. The first-order valence-electron chi connectivity index (χ1n) is 7.79. The number of aromatic nitrogens is 1. The van der Waals surface area contributed by atoms with E-state index in [1.807, 2.05) is 36.6 Å². The zero-order valence-electron chi connectivity index (χ0n) is 13.6. The minimum atomic E-state index is -0.952. The van der Waals surface area contributed by atoms with Crippen molar-refractivity contribution in [1.29, 1.82) is 0 Å². The minimum Gasteiger partial charge on any atom is -0.494 e. The van der Waals surface area contributed by atoms with E-state index in [2.05, 4.69) is 4.98 Å². The molecular formula is C19H17NO4S. The van der Waals surface area contributed by atoms with Gasteiger partial charge in [0.1, 0.15) is 23.1 Å². The van der Waals surface area contributed by atoms with Gasteiger partial charge in [-0.1, -0.05) is 0 Å². The van der Waals surface area contributed by atoms with Crippen molar-refractivity contribution in [1.82, 2.24) is 4.98 Å². The number of carboxylic acid groups (broad SMARTS) is 1. The summed E-state index contributed by atoms with van der Waals surface area (Å²) in [5.41, 5.74) is 2.16. The Hall–Kier alpha value is -2.86. The molecule has 3 aromatic rings. The Kier molecular flexibility index (Phi) is 5.30. The summed E-state index contributed by atoms with van der Waals surface area (Å²) in [6.07, 6.45) is 0. The standard InChI is InChI=1S/C19H17NO4S/c1-2-23-15-7-3-13(4-8-15)17-12-25-18(20-17)11-24-16-9-5-14(6-10-16)19(21)22/h3-10,12H,2,11H2,1H3,(H,21,22). The van der Waals surface area contributed by atoms with Gasteiger partial charge in [0, 0.05) is 10.9 Å². The number of thiazole rings is 1. The molecule has 1 heterocycles. The van der Waals surface area contributed by atoms with Gasteiger partial charge in [0.2, 0.25) is 0 Å². The second-order valence-corrected chi connectivity index (χ2v) is 6.14. The van der Waals surface area contributed by atoms with E-state index in [1.54, 1.807) is 12.1 Å². The molecule has 0 fully saturated rings. The molecular weight excluding hydrogens is 338 g/mol. The van der Waals surface area contributed by atoms with Crippen molar-refractivity contribution in [3.8, 4) is 22.8 Å². The smallest absolute Gasteiger partial charge is 0.335 e. The van der Waals surface area contributed by atoms with Crippen molar-refractivity contribution in [3.63, 3.8) is 0 Å². The molecule has 0 radical (unpaired) electrons. The minimum absolute atomic E-state index is 0.236. The Bertz CT molecular complexity index is 841. The van der Waals surface area contributed by atoms with Crippen LogP contribution in [0, 0.1) is 0 Å². The quantitative estimate of drug-likeness (QED) is 0.676. The third-order valence-corrected chi connectivity index (χ3v) is 4.30. The Balaban J connectivity index is 1.62. The summed E-state index contributed by atoms with van der Waals surface area (Å²) in [6, 6.07) is 14.1. The molecule has 1 aromatic heterocycles. The SMILES string of the molecule is CCOc1ccc(-c2csc(COc3ccc(C(=O)O)cc3)n2)cc1. The highest BCUT2D eigenvalue weighted by atomic mass is 32.1. The molecule has 6 heteroatoms. The summed E-state index contributed by atoms with van der Waals surface area (Å²) in [7, 11) is 0. The first-order chi connectivity index (χ1) is 12.2. The summed E-state index contributed by atoms with van der Waals surface area (Å²) in [5.74, 6) is 0.504. The van der Waals surface area contributed by atoms with Gasteiger partial charge >= 0.3 is 5.97 Å². The molecule has 1 N–H and O–H groups in total. The van der Waals surface area contributed by atoms with E-state index in [1.165, 1.54) is 23.5 Å². The molecule has 3 rings (SSSR count). The lowest BCUT2D eigenvalue weighted by Crippen LogP contribution is -1.98. The predicted molar refractivity (Wildman–Crippen MR) is 96.5 cm³/mol. The number of carbonyl (C=O) groups is 1. The molecule has 0 amide bonds. The lowest BCUT2D eigenvalue weighted by Gasteiger charge is -2.04. The Morgan fingerprint density at radius 2 is 1.68 bits per heavy atom. The van der Waals surface area contributed by atoms with Gasteiger partial charge in [0.05, 0.1) is 17.9 Å². The molecule has 0 aliphatic carbocycles. The maximum absolute atomic E-state index is 10.8. The molecule has 0 unspecified atom stereocenters. The van der Waals surface area contributed by atoms with Crippen molar-refractivity contribution in [2.75, 3.05) is 6.61 Å². The van der Waals surface area contributed by atoms with Crippen molar-refractivity contribution in [2.24, 2.45) is 0 Å². The molecule has 0 saturated heterocycles. The van der Waals surface area contributed by atoms with Gasteiger partial charge < -0.3 is 14.6 Å². The fourth-order valence-corrected chi connectivity index (χ4v) is 2.95. The number of nitrogens with zero attached hydrogens (tertiary/aromatic N) is 1. The van der Waals surface area contributed by atoms with E-state index in [-0.39, 0.29) is 5.56 Å². The Morgan fingerprint density at radius 3 is 2.32 bits per heavy atom. The van der Waals surface area contributed by atoms with Crippen LogP contribution in [0.25, 0.3) is 11.3 Å². The van der Waals surface area contributed by atoms with Crippen molar-refractivity contribution < 1.29 is 19.4 Å². The number of carboxylic acids is 1. The highest BCUT2D eigenvalue weighted by Crippen LogP contribution is 2.25. The van der Waals surface area contributed by atoms with Gasteiger partial charge in [-0.2, -0.15) is 0 Å². The second-order valence-electron chi connectivity index (χ2n) is 5.20. The van der Waals surface area contributed by atoms with Gasteiger partial charge in [-0.3, -0.25) is 0 Å². The molecule has 5 nitrogen and oxygen atoms in total. The number of ether oxygens (including phenoxy) is 2. The summed E-state index contributed by atoms with van der Waals surface area (Å²) >= 11 is 1.52. The molecule has 0 bridgehead atoms. The number of hydrogen-bond acceptors (Lipinski definition) is 5. The first-order valence-corrected chi connectivity index (χ1v) is 8.67. The second kappa shape index (κ2) is 7.81. The van der Waals surface area contributed by atoms with Crippen LogP contribution in [0.5, 0.6) is 11.5 Å². The van der Waals surface area contributed by atoms with Crippen LogP contribution in [0.4, 0.5) is 0 Å². The average molecular weight is 355 g/mol. The highest BCUT2D eigenvalue weighted by molar-refractivity contribution is 7.09. The number of aromatic carboxylic acids is 1. The molecule has 0 saturated carbocycles. The van der Waals surface area contributed by atoms with E-state index in [9.17, 15) is 4.79 Å². The third kappa shape index (κ3) is 4.36. The van der Waals surface area contributed by atoms with E-state index >= 15 is 0 Å². The zero-order valence-corrected chi connectivity index (χ0v) is 14.5. The van der Waals surface area contributed by atoms with Crippen LogP contribution in [0.1, 0.15) is 22.3 Å². The monoisotopic (exact) mass is 355 g/mol. The van der Waals surface area contributed by atoms with Gasteiger partial charge in [0.25, 0.3) is 0 Å². The number of benzene rings is 2. The number of hydrogen-bond donors (Lipinski definition) is 1. The van der Waals surface area contributed by atoms with Crippen molar-refractivity contribution >= 4 is 17.3 Å². The van der Waals surface area contributed by atoms with Crippen molar-refractivity contribution in [3.05, 3.63) is 64.5 Å². The van der Waals surface area contributed by atoms with Gasteiger partial charge in [-0.15, -0.1) is 11.3 Å². The summed E-state index contributed by atoms with van der Waals surface area (Å²) in [6.45, 7) is 2.94. The maximum atomic E-state index is 10.8. The molecule has 0 aliphatic heterocycles. The van der Waals surface area contributed by atoms with Gasteiger partial charge in [0.15, 0.2) is 0 Å². The van der Waals surface area contributed by atoms with E-state index in [0.717, 1.165) is 22.0 Å². The molecule has 25 heavy (non-hydrogen) atoms. The molecule has 128 valence electrons.